The van der Waals surface area contributed by atoms with Crippen LogP contribution in [-0.4, -0.2) is 22.6 Å². The lowest BCUT2D eigenvalue weighted by atomic mass is 10.3. The second kappa shape index (κ2) is 4.35. The van der Waals surface area contributed by atoms with Crippen molar-refractivity contribution in [2.75, 3.05) is 18.5 Å². The molecule has 5 heteroatoms. The number of hydrogen-bond donors (Lipinski definition) is 0. The first-order chi connectivity index (χ1) is 7.01. The zero-order valence-electron chi connectivity index (χ0n) is 8.67. The smallest absolute Gasteiger partial charge is 0.256 e. The molecule has 0 atom stereocenters. The molecule has 0 unspecified atom stereocenters. The number of benzene rings is 1. The fraction of sp³-hybridized carbons (Fsp3) is 0.200. The van der Waals surface area contributed by atoms with Gasteiger partial charge >= 0.3 is 0 Å². The molecule has 82 valence electrons. The van der Waals surface area contributed by atoms with Crippen molar-refractivity contribution in [3.8, 4) is 5.75 Å². The van der Waals surface area contributed by atoms with E-state index in [4.69, 9.17) is 4.74 Å². The van der Waals surface area contributed by atoms with Crippen LogP contribution in [0.3, 0.4) is 0 Å². The minimum atomic E-state index is -3.41. The first kappa shape index (κ1) is 11.6. The molecular formula is C10H13NO3S. The van der Waals surface area contributed by atoms with E-state index in [9.17, 15) is 8.42 Å². The van der Waals surface area contributed by atoms with Gasteiger partial charge in [0.05, 0.1) is 12.8 Å². The highest BCUT2D eigenvalue weighted by Gasteiger charge is 2.13. The Hall–Kier alpha value is -1.49. The highest BCUT2D eigenvalue weighted by Crippen LogP contribution is 2.20. The predicted molar refractivity (Wildman–Crippen MR) is 60.5 cm³/mol. The van der Waals surface area contributed by atoms with Gasteiger partial charge in [-0.25, -0.2) is 8.42 Å². The quantitative estimate of drug-likeness (QED) is 0.785. The molecule has 0 aliphatic heterocycles. The van der Waals surface area contributed by atoms with E-state index in [0.29, 0.717) is 11.4 Å². The van der Waals surface area contributed by atoms with Gasteiger partial charge in [-0.05, 0) is 24.3 Å². The van der Waals surface area contributed by atoms with E-state index in [0.717, 1.165) is 9.71 Å². The fourth-order valence-electron chi connectivity index (χ4n) is 1.05. The van der Waals surface area contributed by atoms with Crippen molar-refractivity contribution in [2.24, 2.45) is 0 Å². The van der Waals surface area contributed by atoms with Gasteiger partial charge in [-0.2, -0.15) is 0 Å². The monoisotopic (exact) mass is 227 g/mol. The minimum absolute atomic E-state index is 0.565. The van der Waals surface area contributed by atoms with Crippen LogP contribution in [0.15, 0.2) is 36.3 Å². The standard InChI is InChI=1S/C10H13NO3S/c1-4-15(12,13)11(2)9-5-7-10(14-3)8-6-9/h4-8H,1H2,2-3H3. The van der Waals surface area contributed by atoms with Gasteiger partial charge in [-0.1, -0.05) is 6.58 Å². The summed E-state index contributed by atoms with van der Waals surface area (Å²) >= 11 is 0. The lowest BCUT2D eigenvalue weighted by Crippen LogP contribution is -2.23. The zero-order valence-corrected chi connectivity index (χ0v) is 9.49. The van der Waals surface area contributed by atoms with E-state index >= 15 is 0 Å². The van der Waals surface area contributed by atoms with E-state index in [2.05, 4.69) is 6.58 Å². The van der Waals surface area contributed by atoms with Crippen molar-refractivity contribution in [3.63, 3.8) is 0 Å². The highest BCUT2D eigenvalue weighted by atomic mass is 32.2. The maximum Gasteiger partial charge on any atom is 0.256 e. The van der Waals surface area contributed by atoms with E-state index in [1.165, 1.54) is 7.05 Å². The lowest BCUT2D eigenvalue weighted by molar-refractivity contribution is 0.415. The molecular weight excluding hydrogens is 214 g/mol. The lowest BCUT2D eigenvalue weighted by Gasteiger charge is -2.16. The molecule has 1 aromatic carbocycles. The van der Waals surface area contributed by atoms with Crippen molar-refractivity contribution in [2.45, 2.75) is 0 Å². The van der Waals surface area contributed by atoms with Crippen molar-refractivity contribution in [1.82, 2.24) is 0 Å². The van der Waals surface area contributed by atoms with E-state index in [1.807, 2.05) is 0 Å². The Morgan fingerprint density at radius 3 is 2.27 bits per heavy atom. The molecule has 0 heterocycles. The number of rotatable bonds is 4. The van der Waals surface area contributed by atoms with Gasteiger partial charge in [0, 0.05) is 12.5 Å². The largest absolute Gasteiger partial charge is 0.497 e. The fourth-order valence-corrected chi connectivity index (χ4v) is 1.69. The molecule has 0 aliphatic carbocycles. The molecule has 0 saturated carbocycles. The van der Waals surface area contributed by atoms with Crippen LogP contribution in [0.25, 0.3) is 0 Å². The van der Waals surface area contributed by atoms with Gasteiger partial charge in [0.15, 0.2) is 0 Å². The maximum absolute atomic E-state index is 11.4. The number of methoxy groups -OCH3 is 1. The van der Waals surface area contributed by atoms with Gasteiger partial charge in [-0.3, -0.25) is 4.31 Å². The van der Waals surface area contributed by atoms with Gasteiger partial charge < -0.3 is 4.74 Å². The Kier molecular flexibility index (Phi) is 3.36. The second-order valence-electron chi connectivity index (χ2n) is 2.88. The van der Waals surface area contributed by atoms with Gasteiger partial charge in [0.1, 0.15) is 5.75 Å². The molecule has 1 rings (SSSR count). The van der Waals surface area contributed by atoms with E-state index in [1.54, 1.807) is 31.4 Å². The van der Waals surface area contributed by atoms with Crippen LogP contribution in [0.4, 0.5) is 5.69 Å². The SMILES string of the molecule is C=CS(=O)(=O)N(C)c1ccc(OC)cc1. The molecule has 0 saturated heterocycles. The highest BCUT2D eigenvalue weighted by molar-refractivity contribution is 7.95. The second-order valence-corrected chi connectivity index (χ2v) is 4.79. The van der Waals surface area contributed by atoms with Gasteiger partial charge in [-0.15, -0.1) is 0 Å². The summed E-state index contributed by atoms with van der Waals surface area (Å²) in [5, 5.41) is 0.914. The van der Waals surface area contributed by atoms with E-state index < -0.39 is 10.0 Å². The Labute approximate surface area is 89.8 Å². The molecule has 0 amide bonds. The van der Waals surface area contributed by atoms with Crippen molar-refractivity contribution < 1.29 is 13.2 Å². The van der Waals surface area contributed by atoms with Crippen LogP contribution < -0.4 is 9.04 Å². The van der Waals surface area contributed by atoms with Crippen LogP contribution in [0.5, 0.6) is 5.75 Å². The van der Waals surface area contributed by atoms with Crippen LogP contribution >= 0.6 is 0 Å². The normalized spacial score (nSPS) is 10.8. The van der Waals surface area contributed by atoms with Crippen molar-refractivity contribution in [3.05, 3.63) is 36.3 Å². The molecule has 0 bridgehead atoms. The third-order valence-electron chi connectivity index (χ3n) is 2.03. The summed E-state index contributed by atoms with van der Waals surface area (Å²) < 4.78 is 29.0. The maximum atomic E-state index is 11.4. The number of ether oxygens (including phenoxy) is 1. The topological polar surface area (TPSA) is 46.6 Å². The zero-order chi connectivity index (χ0) is 11.5. The van der Waals surface area contributed by atoms with Crippen molar-refractivity contribution >= 4 is 15.7 Å². The summed E-state index contributed by atoms with van der Waals surface area (Å²) in [4.78, 5) is 0. The Bertz CT molecular complexity index is 436. The molecule has 0 aromatic heterocycles. The Morgan fingerprint density at radius 2 is 1.87 bits per heavy atom. The van der Waals surface area contributed by atoms with Crippen LogP contribution in [-0.2, 0) is 10.0 Å². The molecule has 0 fully saturated rings. The molecule has 0 spiro atoms. The molecule has 15 heavy (non-hydrogen) atoms. The summed E-state index contributed by atoms with van der Waals surface area (Å²) in [6.07, 6.45) is 0. The Morgan fingerprint density at radius 1 is 1.33 bits per heavy atom. The summed E-state index contributed by atoms with van der Waals surface area (Å²) in [5.41, 5.74) is 0.565. The third kappa shape index (κ3) is 2.50. The van der Waals surface area contributed by atoms with E-state index in [-0.39, 0.29) is 0 Å². The summed E-state index contributed by atoms with van der Waals surface area (Å²) in [6, 6.07) is 6.73. The average molecular weight is 227 g/mol. The summed E-state index contributed by atoms with van der Waals surface area (Å²) in [5.74, 6) is 0.683. The molecule has 1 aromatic rings. The van der Waals surface area contributed by atoms with Crippen LogP contribution in [0, 0.1) is 0 Å². The summed E-state index contributed by atoms with van der Waals surface area (Å²) in [7, 11) is -0.389. The first-order valence-corrected chi connectivity index (χ1v) is 5.77. The van der Waals surface area contributed by atoms with Gasteiger partial charge in [0.25, 0.3) is 10.0 Å². The molecule has 0 radical (unpaired) electrons. The minimum Gasteiger partial charge on any atom is -0.497 e. The number of anilines is 1. The van der Waals surface area contributed by atoms with Gasteiger partial charge in [0.2, 0.25) is 0 Å². The predicted octanol–water partition coefficient (Wildman–Crippen LogP) is 1.60. The average Bonchev–Trinajstić information content (AvgIpc) is 2.28. The number of nitrogens with zero attached hydrogens (tertiary/aromatic N) is 1. The first-order valence-electron chi connectivity index (χ1n) is 4.26. The molecule has 0 N–H and O–H groups in total. The van der Waals surface area contributed by atoms with Crippen LogP contribution in [0.1, 0.15) is 0 Å². The summed E-state index contributed by atoms with van der Waals surface area (Å²) in [6.45, 7) is 3.26. The van der Waals surface area contributed by atoms with Crippen molar-refractivity contribution in [1.29, 1.82) is 0 Å². The third-order valence-corrected chi connectivity index (χ3v) is 3.42. The molecule has 0 aliphatic rings. The molecule has 4 nitrogen and oxygen atoms in total. The van der Waals surface area contributed by atoms with Crippen LogP contribution in [0.2, 0.25) is 0 Å². The number of hydrogen-bond acceptors (Lipinski definition) is 3. The number of sulfonamides is 1. The Balaban J connectivity index is 3.02.